The number of nitriles is 1. The van der Waals surface area contributed by atoms with E-state index in [0.717, 1.165) is 18.2 Å². The topological polar surface area (TPSA) is 116 Å². The highest BCUT2D eigenvalue weighted by atomic mass is 32.2. The van der Waals surface area contributed by atoms with Gasteiger partial charge in [-0.3, -0.25) is 0 Å². The van der Waals surface area contributed by atoms with E-state index in [0.29, 0.717) is 17.7 Å². The van der Waals surface area contributed by atoms with Crippen molar-refractivity contribution in [3.8, 4) is 22.9 Å². The highest BCUT2D eigenvalue weighted by Gasteiger charge is 2.17. The van der Waals surface area contributed by atoms with Gasteiger partial charge in [-0.05, 0) is 59.7 Å². The monoisotopic (exact) mass is 476 g/mol. The number of nitrogens with one attached hydrogen (secondary N) is 1. The summed E-state index contributed by atoms with van der Waals surface area (Å²) in [6.45, 7) is -0.969. The third kappa shape index (κ3) is 5.88. The van der Waals surface area contributed by atoms with E-state index in [9.17, 15) is 26.4 Å². The van der Waals surface area contributed by atoms with Gasteiger partial charge in [0.1, 0.15) is 11.6 Å². The van der Waals surface area contributed by atoms with Crippen LogP contribution in [-0.4, -0.2) is 26.1 Å². The molecule has 0 heterocycles. The fourth-order valence-corrected chi connectivity index (χ4v) is 3.92. The molecule has 3 aromatic carbocycles. The third-order valence-electron chi connectivity index (χ3n) is 4.40. The van der Waals surface area contributed by atoms with Gasteiger partial charge in [0.05, 0.1) is 16.5 Å². The van der Waals surface area contributed by atoms with Gasteiger partial charge in [0.15, 0.2) is 18.2 Å². The fourth-order valence-electron chi connectivity index (χ4n) is 2.89. The largest absolute Gasteiger partial charge is 0.481 e. The van der Waals surface area contributed by atoms with E-state index in [-0.39, 0.29) is 29.0 Å². The summed E-state index contributed by atoms with van der Waals surface area (Å²) in [6, 6.07) is 11.7. The molecule has 0 aromatic heterocycles. The Labute approximate surface area is 186 Å². The van der Waals surface area contributed by atoms with Gasteiger partial charge in [0.25, 0.3) is 0 Å². The van der Waals surface area contributed by atoms with Crippen LogP contribution in [0.2, 0.25) is 0 Å². The minimum absolute atomic E-state index is 0.0126. The molecule has 3 aromatic rings. The van der Waals surface area contributed by atoms with E-state index in [2.05, 4.69) is 4.72 Å². The van der Waals surface area contributed by atoms with Gasteiger partial charge in [-0.1, -0.05) is 6.07 Å². The number of benzene rings is 3. The van der Waals surface area contributed by atoms with Crippen LogP contribution >= 0.6 is 0 Å². The Bertz CT molecular complexity index is 1370. The molecule has 0 spiro atoms. The molecule has 0 bridgehead atoms. The normalized spacial score (nSPS) is 11.1. The summed E-state index contributed by atoms with van der Waals surface area (Å²) in [7, 11) is -4.19. The average Bonchev–Trinajstić information content (AvgIpc) is 2.77. The van der Waals surface area contributed by atoms with Crippen molar-refractivity contribution in [3.63, 3.8) is 0 Å². The van der Waals surface area contributed by atoms with Gasteiger partial charge in [-0.25, -0.2) is 31.1 Å². The average molecular weight is 476 g/mol. The van der Waals surface area contributed by atoms with Crippen LogP contribution < -0.4 is 9.46 Å². The molecule has 3 rings (SSSR count). The molecule has 0 saturated heterocycles. The van der Waals surface area contributed by atoms with E-state index < -0.39 is 44.9 Å². The summed E-state index contributed by atoms with van der Waals surface area (Å²) in [6.07, 6.45) is 0. The van der Waals surface area contributed by atoms with Crippen LogP contribution in [0.4, 0.5) is 13.2 Å². The van der Waals surface area contributed by atoms with Crippen molar-refractivity contribution < 1.29 is 36.2 Å². The molecule has 0 radical (unpaired) electrons. The second-order valence-corrected chi connectivity index (χ2v) is 8.52. The molecular weight excluding hydrogens is 461 g/mol. The number of hydrogen-bond donors (Lipinski definition) is 2. The zero-order chi connectivity index (χ0) is 24.2. The maximum Gasteiger partial charge on any atom is 0.341 e. The van der Waals surface area contributed by atoms with Crippen LogP contribution in [0.3, 0.4) is 0 Å². The predicted octanol–water partition coefficient (Wildman–Crippen LogP) is 3.58. The first-order valence-corrected chi connectivity index (χ1v) is 10.7. The SMILES string of the molecule is N#Cc1cc(F)cc(-c2cc(CNS(=O)(=O)c3ccc(F)c(F)c3)ccc2OCC(=O)O)c1. The van der Waals surface area contributed by atoms with Crippen LogP contribution in [0.1, 0.15) is 11.1 Å². The summed E-state index contributed by atoms with van der Waals surface area (Å²) in [5.74, 6) is -4.40. The van der Waals surface area contributed by atoms with E-state index in [1.807, 2.05) is 6.07 Å². The number of carboxylic acid groups (broad SMARTS) is 1. The molecule has 0 amide bonds. The van der Waals surface area contributed by atoms with Crippen molar-refractivity contribution in [2.24, 2.45) is 0 Å². The number of carbonyl (C=O) groups is 1. The minimum atomic E-state index is -4.19. The van der Waals surface area contributed by atoms with Crippen molar-refractivity contribution in [1.29, 1.82) is 5.26 Å². The van der Waals surface area contributed by atoms with Crippen molar-refractivity contribution in [2.75, 3.05) is 6.61 Å². The third-order valence-corrected chi connectivity index (χ3v) is 5.80. The number of aliphatic carboxylic acids is 1. The Hall–Kier alpha value is -3.88. The fraction of sp³-hybridized carbons (Fsp3) is 0.0909. The summed E-state index contributed by atoms with van der Waals surface area (Å²) in [4.78, 5) is 10.4. The maximum atomic E-state index is 14.0. The number of nitrogens with zero attached hydrogens (tertiary/aromatic N) is 1. The van der Waals surface area contributed by atoms with Crippen LogP contribution in [0.25, 0.3) is 11.1 Å². The van der Waals surface area contributed by atoms with Gasteiger partial charge < -0.3 is 9.84 Å². The first-order chi connectivity index (χ1) is 15.6. The zero-order valence-corrected chi connectivity index (χ0v) is 17.5. The van der Waals surface area contributed by atoms with E-state index in [1.54, 1.807) is 0 Å². The van der Waals surface area contributed by atoms with Crippen molar-refractivity contribution >= 4 is 16.0 Å². The van der Waals surface area contributed by atoms with Gasteiger partial charge in [0.2, 0.25) is 10.0 Å². The Morgan fingerprint density at radius 1 is 1.03 bits per heavy atom. The molecule has 170 valence electrons. The number of halogens is 3. The second kappa shape index (κ2) is 9.72. The molecular formula is C22H15F3N2O5S. The Kier molecular flexibility index (Phi) is 7.01. The lowest BCUT2D eigenvalue weighted by molar-refractivity contribution is -0.139. The summed E-state index contributed by atoms with van der Waals surface area (Å²) >= 11 is 0. The standard InChI is InChI=1S/C22H15F3N2O5S/c23-16-6-14(10-26)5-15(8-16)18-7-13(1-4-21(18)32-12-22(28)29)11-27-33(30,31)17-2-3-19(24)20(25)9-17/h1-9,27H,11-12H2,(H,28,29). The maximum absolute atomic E-state index is 14.0. The quantitative estimate of drug-likeness (QED) is 0.513. The summed E-state index contributed by atoms with van der Waals surface area (Å²) in [5.41, 5.74) is 0.800. The molecule has 11 heteroatoms. The lowest BCUT2D eigenvalue weighted by atomic mass is 10.00. The van der Waals surface area contributed by atoms with Crippen molar-refractivity contribution in [2.45, 2.75) is 11.4 Å². The lowest BCUT2D eigenvalue weighted by Gasteiger charge is -2.14. The first-order valence-electron chi connectivity index (χ1n) is 9.22. The predicted molar refractivity (Wildman–Crippen MR) is 110 cm³/mol. The number of rotatable bonds is 8. The van der Waals surface area contributed by atoms with E-state index in [4.69, 9.17) is 15.1 Å². The molecule has 0 unspecified atom stereocenters. The molecule has 0 aliphatic rings. The van der Waals surface area contributed by atoms with Crippen LogP contribution in [-0.2, 0) is 21.4 Å². The summed E-state index contributed by atoms with van der Waals surface area (Å²) < 4.78 is 72.8. The Morgan fingerprint density at radius 2 is 1.79 bits per heavy atom. The highest BCUT2D eigenvalue weighted by molar-refractivity contribution is 7.89. The molecule has 0 fully saturated rings. The first kappa shape index (κ1) is 23.8. The molecule has 0 saturated carbocycles. The minimum Gasteiger partial charge on any atom is -0.481 e. The molecule has 0 atom stereocenters. The number of sulfonamides is 1. The molecule has 0 aliphatic heterocycles. The Balaban J connectivity index is 1.94. The van der Waals surface area contributed by atoms with Gasteiger partial charge in [-0.15, -0.1) is 0 Å². The summed E-state index contributed by atoms with van der Waals surface area (Å²) in [5, 5.41) is 18.0. The molecule has 33 heavy (non-hydrogen) atoms. The van der Waals surface area contributed by atoms with Crippen LogP contribution in [0, 0.1) is 28.8 Å². The zero-order valence-electron chi connectivity index (χ0n) is 16.7. The van der Waals surface area contributed by atoms with Gasteiger partial charge in [-0.2, -0.15) is 5.26 Å². The van der Waals surface area contributed by atoms with Crippen molar-refractivity contribution in [3.05, 3.63) is 83.2 Å². The smallest absolute Gasteiger partial charge is 0.341 e. The molecule has 7 nitrogen and oxygen atoms in total. The second-order valence-electron chi connectivity index (χ2n) is 6.75. The van der Waals surface area contributed by atoms with Gasteiger partial charge in [0, 0.05) is 12.1 Å². The number of hydrogen-bond acceptors (Lipinski definition) is 5. The highest BCUT2D eigenvalue weighted by Crippen LogP contribution is 2.32. The molecule has 0 aliphatic carbocycles. The Morgan fingerprint density at radius 3 is 2.45 bits per heavy atom. The van der Waals surface area contributed by atoms with Crippen molar-refractivity contribution in [1.82, 2.24) is 4.72 Å². The van der Waals surface area contributed by atoms with E-state index >= 15 is 0 Å². The number of carboxylic acids is 1. The van der Waals surface area contributed by atoms with E-state index in [1.165, 1.54) is 24.3 Å². The van der Waals surface area contributed by atoms with Crippen LogP contribution in [0.5, 0.6) is 5.75 Å². The number of ether oxygens (including phenoxy) is 1. The van der Waals surface area contributed by atoms with Gasteiger partial charge >= 0.3 is 5.97 Å². The molecule has 2 N–H and O–H groups in total. The van der Waals surface area contributed by atoms with Crippen LogP contribution in [0.15, 0.2) is 59.5 Å². The lowest BCUT2D eigenvalue weighted by Crippen LogP contribution is -2.23.